The molecule has 2 aromatic rings. The van der Waals surface area contributed by atoms with Crippen LogP contribution in [-0.4, -0.2) is 68.4 Å². The summed E-state index contributed by atoms with van der Waals surface area (Å²) in [6, 6.07) is 14.1. The van der Waals surface area contributed by atoms with E-state index in [4.69, 9.17) is 0 Å². The Balaban J connectivity index is 1.59. The second kappa shape index (κ2) is 10.5. The van der Waals surface area contributed by atoms with E-state index in [0.717, 1.165) is 5.56 Å². The van der Waals surface area contributed by atoms with E-state index < -0.39 is 10.0 Å². The summed E-state index contributed by atoms with van der Waals surface area (Å²) < 4.78 is 24.8. The number of hydrogen-bond acceptors (Lipinski definition) is 5. The summed E-state index contributed by atoms with van der Waals surface area (Å²) in [5.74, 6) is -0.589. The van der Waals surface area contributed by atoms with Gasteiger partial charge in [-0.1, -0.05) is 30.3 Å². The lowest BCUT2D eigenvalue weighted by atomic mass is 10.1. The van der Waals surface area contributed by atoms with Crippen LogP contribution in [0.2, 0.25) is 0 Å². The van der Waals surface area contributed by atoms with Gasteiger partial charge in [0.1, 0.15) is 0 Å². The first kappa shape index (κ1) is 23.6. The lowest BCUT2D eigenvalue weighted by molar-refractivity contribution is 0.0959. The maximum Gasteiger partial charge on any atom is 0.255 e. The van der Waals surface area contributed by atoms with Crippen LogP contribution in [0.25, 0.3) is 0 Å². The SMILES string of the molecule is C=CCNC(=O)c1ccccc1NC(=O)c1ccc(CN2CCN(S(C)(=O)=O)CC2)cc1. The molecule has 9 heteroatoms. The van der Waals surface area contributed by atoms with Gasteiger partial charge < -0.3 is 10.6 Å². The highest BCUT2D eigenvalue weighted by Crippen LogP contribution is 2.17. The average Bonchev–Trinajstić information content (AvgIpc) is 2.78. The zero-order valence-corrected chi connectivity index (χ0v) is 18.9. The Hall–Kier alpha value is -3.01. The van der Waals surface area contributed by atoms with E-state index in [1.54, 1.807) is 42.5 Å². The quantitative estimate of drug-likeness (QED) is 0.592. The fourth-order valence-corrected chi connectivity index (χ4v) is 4.31. The highest BCUT2D eigenvalue weighted by molar-refractivity contribution is 7.88. The van der Waals surface area contributed by atoms with E-state index in [1.165, 1.54) is 10.6 Å². The van der Waals surface area contributed by atoms with Gasteiger partial charge in [0.05, 0.1) is 17.5 Å². The molecule has 0 aliphatic carbocycles. The minimum absolute atomic E-state index is 0.285. The van der Waals surface area contributed by atoms with Gasteiger partial charge in [-0.05, 0) is 29.8 Å². The summed E-state index contributed by atoms with van der Waals surface area (Å²) in [5, 5.41) is 5.52. The molecule has 1 heterocycles. The molecule has 1 fully saturated rings. The summed E-state index contributed by atoms with van der Waals surface area (Å²) in [4.78, 5) is 27.2. The number of benzene rings is 2. The topological polar surface area (TPSA) is 98.8 Å². The molecule has 0 radical (unpaired) electrons. The molecule has 170 valence electrons. The van der Waals surface area contributed by atoms with Crippen molar-refractivity contribution >= 4 is 27.5 Å². The molecule has 0 unspecified atom stereocenters. The van der Waals surface area contributed by atoms with Gasteiger partial charge in [-0.25, -0.2) is 8.42 Å². The third kappa shape index (κ3) is 6.25. The van der Waals surface area contributed by atoms with Crippen molar-refractivity contribution in [3.05, 3.63) is 77.9 Å². The first-order chi connectivity index (χ1) is 15.3. The van der Waals surface area contributed by atoms with Crippen LogP contribution in [0.1, 0.15) is 26.3 Å². The lowest BCUT2D eigenvalue weighted by Crippen LogP contribution is -2.47. The van der Waals surface area contributed by atoms with Crippen molar-refractivity contribution in [1.82, 2.24) is 14.5 Å². The summed E-state index contributed by atoms with van der Waals surface area (Å²) in [7, 11) is -3.14. The van der Waals surface area contributed by atoms with Crippen LogP contribution < -0.4 is 10.6 Å². The summed E-state index contributed by atoms with van der Waals surface area (Å²) in [6.07, 6.45) is 2.82. The molecular formula is C23H28N4O4S. The number of nitrogens with zero attached hydrogens (tertiary/aromatic N) is 2. The van der Waals surface area contributed by atoms with Gasteiger partial charge >= 0.3 is 0 Å². The zero-order chi connectivity index (χ0) is 23.1. The normalized spacial score (nSPS) is 15.2. The predicted molar refractivity (Wildman–Crippen MR) is 125 cm³/mol. The number of rotatable bonds is 8. The molecule has 2 amide bonds. The molecule has 3 rings (SSSR count). The fourth-order valence-electron chi connectivity index (χ4n) is 3.48. The molecule has 0 bridgehead atoms. The molecule has 0 saturated carbocycles. The zero-order valence-electron chi connectivity index (χ0n) is 18.1. The number of carbonyl (C=O) groups excluding carboxylic acids is 2. The minimum Gasteiger partial charge on any atom is -0.349 e. The van der Waals surface area contributed by atoms with E-state index in [0.29, 0.717) is 56.1 Å². The molecule has 1 aliphatic heterocycles. The van der Waals surface area contributed by atoms with Gasteiger partial charge in [-0.15, -0.1) is 6.58 Å². The molecule has 1 saturated heterocycles. The first-order valence-electron chi connectivity index (χ1n) is 10.3. The summed E-state index contributed by atoms with van der Waals surface area (Å²) >= 11 is 0. The van der Waals surface area contributed by atoms with E-state index in [2.05, 4.69) is 22.1 Å². The number of hydrogen-bond donors (Lipinski definition) is 2. The highest BCUT2D eigenvalue weighted by Gasteiger charge is 2.23. The molecule has 2 N–H and O–H groups in total. The largest absolute Gasteiger partial charge is 0.349 e. The van der Waals surface area contributed by atoms with Crippen LogP contribution >= 0.6 is 0 Å². The Morgan fingerprint density at radius 1 is 1.00 bits per heavy atom. The van der Waals surface area contributed by atoms with Crippen molar-refractivity contribution in [2.24, 2.45) is 0 Å². The molecule has 2 aromatic carbocycles. The third-order valence-corrected chi connectivity index (χ3v) is 6.55. The van der Waals surface area contributed by atoms with Crippen LogP contribution in [0.4, 0.5) is 5.69 Å². The van der Waals surface area contributed by atoms with E-state index >= 15 is 0 Å². The number of piperazine rings is 1. The van der Waals surface area contributed by atoms with Crippen molar-refractivity contribution in [1.29, 1.82) is 0 Å². The van der Waals surface area contributed by atoms with Gasteiger partial charge in [-0.3, -0.25) is 14.5 Å². The predicted octanol–water partition coefficient (Wildman–Crippen LogP) is 1.93. The smallest absolute Gasteiger partial charge is 0.255 e. The minimum atomic E-state index is -3.14. The van der Waals surface area contributed by atoms with E-state index in [9.17, 15) is 18.0 Å². The van der Waals surface area contributed by atoms with Crippen LogP contribution in [0.3, 0.4) is 0 Å². The number of carbonyl (C=O) groups is 2. The second-order valence-electron chi connectivity index (χ2n) is 7.63. The van der Waals surface area contributed by atoms with Gasteiger partial charge in [0.25, 0.3) is 11.8 Å². The van der Waals surface area contributed by atoms with E-state index in [-0.39, 0.29) is 11.8 Å². The van der Waals surface area contributed by atoms with Crippen LogP contribution in [0.5, 0.6) is 0 Å². The Morgan fingerprint density at radius 3 is 2.28 bits per heavy atom. The molecule has 0 atom stereocenters. The molecule has 0 aromatic heterocycles. The summed E-state index contributed by atoms with van der Waals surface area (Å²) in [6.45, 7) is 6.91. The van der Waals surface area contributed by atoms with E-state index in [1.807, 2.05) is 12.1 Å². The standard InChI is InChI=1S/C23H28N4O4S/c1-3-12-24-23(29)20-6-4-5-7-21(20)25-22(28)19-10-8-18(9-11-19)17-26-13-15-27(16-14-26)32(2,30)31/h3-11H,1,12-17H2,2H3,(H,24,29)(H,25,28). The van der Waals surface area contributed by atoms with Crippen LogP contribution in [0, 0.1) is 0 Å². The Bertz CT molecular complexity index is 1080. The number of sulfonamides is 1. The van der Waals surface area contributed by atoms with Crippen molar-refractivity contribution in [2.75, 3.05) is 44.3 Å². The lowest BCUT2D eigenvalue weighted by Gasteiger charge is -2.33. The molecule has 8 nitrogen and oxygen atoms in total. The maximum absolute atomic E-state index is 12.7. The molecule has 0 spiro atoms. The number of anilines is 1. The van der Waals surface area contributed by atoms with Crippen molar-refractivity contribution in [3.63, 3.8) is 0 Å². The monoisotopic (exact) mass is 456 g/mol. The molecule has 32 heavy (non-hydrogen) atoms. The Kier molecular flexibility index (Phi) is 7.79. The fraction of sp³-hybridized carbons (Fsp3) is 0.304. The van der Waals surface area contributed by atoms with Crippen molar-refractivity contribution in [3.8, 4) is 0 Å². The van der Waals surface area contributed by atoms with Crippen LogP contribution in [0.15, 0.2) is 61.2 Å². The number of para-hydroxylation sites is 1. The molecular weight excluding hydrogens is 428 g/mol. The molecule has 1 aliphatic rings. The van der Waals surface area contributed by atoms with Crippen molar-refractivity contribution in [2.45, 2.75) is 6.54 Å². The number of amides is 2. The van der Waals surface area contributed by atoms with Gasteiger partial charge in [0.2, 0.25) is 10.0 Å². The third-order valence-electron chi connectivity index (χ3n) is 5.25. The Morgan fingerprint density at radius 2 is 1.66 bits per heavy atom. The maximum atomic E-state index is 12.7. The number of nitrogens with one attached hydrogen (secondary N) is 2. The van der Waals surface area contributed by atoms with Gasteiger partial charge in [-0.2, -0.15) is 4.31 Å². The Labute approximate surface area is 189 Å². The van der Waals surface area contributed by atoms with Crippen LogP contribution in [-0.2, 0) is 16.6 Å². The van der Waals surface area contributed by atoms with Crippen molar-refractivity contribution < 1.29 is 18.0 Å². The van der Waals surface area contributed by atoms with Gasteiger partial charge in [0, 0.05) is 44.8 Å². The first-order valence-corrected chi connectivity index (χ1v) is 12.2. The van der Waals surface area contributed by atoms with Gasteiger partial charge in [0.15, 0.2) is 0 Å². The summed E-state index contributed by atoms with van der Waals surface area (Å²) in [5.41, 5.74) is 2.34. The highest BCUT2D eigenvalue weighted by atomic mass is 32.2. The second-order valence-corrected chi connectivity index (χ2v) is 9.62. The average molecular weight is 457 g/mol.